The Kier molecular flexibility index (Phi) is 8.56. The van der Waals surface area contributed by atoms with Crippen molar-refractivity contribution in [2.75, 3.05) is 6.61 Å². The second kappa shape index (κ2) is 10.7. The highest BCUT2D eigenvalue weighted by molar-refractivity contribution is 5.42. The molecule has 0 radical (unpaired) electrons. The number of hydrogen-bond acceptors (Lipinski definition) is 3. The van der Waals surface area contributed by atoms with Gasteiger partial charge in [0.15, 0.2) is 0 Å². The van der Waals surface area contributed by atoms with Gasteiger partial charge in [0.05, 0.1) is 6.10 Å². The van der Waals surface area contributed by atoms with Crippen LogP contribution in [0.2, 0.25) is 0 Å². The van der Waals surface area contributed by atoms with E-state index in [1.54, 1.807) is 12.2 Å². The Labute approximate surface area is 158 Å². The lowest BCUT2D eigenvalue weighted by Gasteiger charge is -2.30. The molecule has 0 spiro atoms. The van der Waals surface area contributed by atoms with Gasteiger partial charge in [-0.3, -0.25) is 0 Å². The van der Waals surface area contributed by atoms with Gasteiger partial charge >= 0.3 is 0 Å². The molecule has 2 rings (SSSR count). The molecule has 144 valence electrons. The predicted octanol–water partition coefficient (Wildman–Crippen LogP) is 4.27. The van der Waals surface area contributed by atoms with Crippen LogP contribution in [0.25, 0.3) is 0 Å². The summed E-state index contributed by atoms with van der Waals surface area (Å²) >= 11 is 0. The van der Waals surface area contributed by atoms with Crippen LogP contribution < -0.4 is 0 Å². The molecule has 0 heterocycles. The molecule has 0 bridgehead atoms. The van der Waals surface area contributed by atoms with Crippen LogP contribution in [-0.4, -0.2) is 33.6 Å². The topological polar surface area (TPSA) is 60.7 Å². The lowest BCUT2D eigenvalue weighted by molar-refractivity contribution is 0.0692. The average molecular weight is 359 g/mol. The third-order valence-corrected chi connectivity index (χ3v) is 5.25. The molecule has 3 atom stereocenters. The molecule has 0 amide bonds. The Morgan fingerprint density at radius 2 is 1.88 bits per heavy atom. The van der Waals surface area contributed by atoms with Crippen molar-refractivity contribution in [1.29, 1.82) is 0 Å². The minimum Gasteiger partial charge on any atom is -0.396 e. The molecule has 0 aromatic heterocycles. The summed E-state index contributed by atoms with van der Waals surface area (Å²) in [4.78, 5) is 0. The zero-order valence-electron chi connectivity index (χ0n) is 16.0. The molecule has 0 saturated carbocycles. The van der Waals surface area contributed by atoms with E-state index >= 15 is 0 Å². The molecule has 0 saturated heterocycles. The molecule has 1 aliphatic rings. The van der Waals surface area contributed by atoms with Gasteiger partial charge < -0.3 is 15.3 Å². The van der Waals surface area contributed by atoms with E-state index in [1.165, 1.54) is 19.3 Å². The van der Waals surface area contributed by atoms with E-state index in [9.17, 15) is 10.2 Å². The van der Waals surface area contributed by atoms with Gasteiger partial charge in [0, 0.05) is 12.5 Å². The van der Waals surface area contributed by atoms with Crippen molar-refractivity contribution < 1.29 is 15.3 Å². The standard InChI is InChI=1S/C23H34O3/c1-2-3-4-5-6-10-16-23(26)17-15-21(25)22(23)20-14-8-7-12-19(20)13-9-11-18-24/h7-8,10,12,14-17,21-22,24-26H,2-6,9,11,13,18H2,1H3/b16-10+/t21-,22+,23+/m1/s1. The average Bonchev–Trinajstić information content (AvgIpc) is 2.94. The van der Waals surface area contributed by atoms with Gasteiger partial charge in [-0.25, -0.2) is 0 Å². The molecule has 0 aliphatic heterocycles. The van der Waals surface area contributed by atoms with Gasteiger partial charge in [0.25, 0.3) is 0 Å². The molecule has 26 heavy (non-hydrogen) atoms. The van der Waals surface area contributed by atoms with Crippen molar-refractivity contribution in [2.24, 2.45) is 0 Å². The lowest BCUT2D eigenvalue weighted by Crippen LogP contribution is -2.34. The van der Waals surface area contributed by atoms with Gasteiger partial charge in [-0.2, -0.15) is 0 Å². The summed E-state index contributed by atoms with van der Waals surface area (Å²) in [5.74, 6) is -0.375. The first kappa shape index (κ1) is 20.9. The third-order valence-electron chi connectivity index (χ3n) is 5.25. The van der Waals surface area contributed by atoms with Crippen LogP contribution in [0.4, 0.5) is 0 Å². The van der Waals surface area contributed by atoms with Crippen LogP contribution in [-0.2, 0) is 6.42 Å². The van der Waals surface area contributed by atoms with Crippen LogP contribution >= 0.6 is 0 Å². The molecule has 0 fully saturated rings. The second-order valence-electron chi connectivity index (χ2n) is 7.35. The van der Waals surface area contributed by atoms with Crippen LogP contribution in [0.5, 0.6) is 0 Å². The molecule has 1 aliphatic carbocycles. The first-order valence-corrected chi connectivity index (χ1v) is 10.1. The minimum atomic E-state index is -1.14. The predicted molar refractivity (Wildman–Crippen MR) is 107 cm³/mol. The first-order valence-electron chi connectivity index (χ1n) is 10.1. The van der Waals surface area contributed by atoms with Crippen molar-refractivity contribution in [2.45, 2.75) is 75.9 Å². The van der Waals surface area contributed by atoms with E-state index in [0.717, 1.165) is 43.2 Å². The molecule has 0 unspecified atom stereocenters. The molecule has 1 aromatic rings. The largest absolute Gasteiger partial charge is 0.396 e. The quantitative estimate of drug-likeness (QED) is 0.409. The monoisotopic (exact) mass is 358 g/mol. The maximum absolute atomic E-state index is 11.2. The van der Waals surface area contributed by atoms with Crippen molar-refractivity contribution in [3.63, 3.8) is 0 Å². The van der Waals surface area contributed by atoms with Crippen molar-refractivity contribution in [1.82, 2.24) is 0 Å². The summed E-state index contributed by atoms with van der Waals surface area (Å²) in [7, 11) is 0. The number of rotatable bonds is 11. The molecular formula is C23H34O3. The highest BCUT2D eigenvalue weighted by Crippen LogP contribution is 2.41. The number of unbranched alkanes of at least 4 members (excludes halogenated alkanes) is 5. The molecular weight excluding hydrogens is 324 g/mol. The van der Waals surface area contributed by atoms with E-state index in [4.69, 9.17) is 5.11 Å². The SMILES string of the molecule is CCCCCC/C=C/[C@]1(O)C=C[C@@H](O)[C@@H]1c1ccccc1CCCCO. The summed E-state index contributed by atoms with van der Waals surface area (Å²) in [6.45, 7) is 2.40. The molecule has 3 N–H and O–H groups in total. The summed E-state index contributed by atoms with van der Waals surface area (Å²) in [5, 5.41) is 30.8. The van der Waals surface area contributed by atoms with E-state index in [1.807, 2.05) is 24.3 Å². The van der Waals surface area contributed by atoms with Crippen LogP contribution in [0.1, 0.15) is 68.9 Å². The summed E-state index contributed by atoms with van der Waals surface area (Å²) < 4.78 is 0. The highest BCUT2D eigenvalue weighted by Gasteiger charge is 2.42. The van der Waals surface area contributed by atoms with E-state index in [0.29, 0.717) is 0 Å². The number of allylic oxidation sites excluding steroid dienone is 1. The summed E-state index contributed by atoms with van der Waals surface area (Å²) in [6.07, 6.45) is 14.9. The molecule has 1 aromatic carbocycles. The Hall–Kier alpha value is -1.42. The van der Waals surface area contributed by atoms with Crippen LogP contribution in [0, 0.1) is 0 Å². The van der Waals surface area contributed by atoms with Gasteiger partial charge in [-0.15, -0.1) is 0 Å². The Morgan fingerprint density at radius 1 is 1.08 bits per heavy atom. The van der Waals surface area contributed by atoms with E-state index in [-0.39, 0.29) is 12.5 Å². The van der Waals surface area contributed by atoms with Crippen molar-refractivity contribution >= 4 is 0 Å². The lowest BCUT2D eigenvalue weighted by atomic mass is 9.80. The van der Waals surface area contributed by atoms with Gasteiger partial charge in [0.2, 0.25) is 0 Å². The summed E-state index contributed by atoms with van der Waals surface area (Å²) in [5.41, 5.74) is 1.00. The zero-order chi connectivity index (χ0) is 18.8. The summed E-state index contributed by atoms with van der Waals surface area (Å²) in [6, 6.07) is 8.03. The normalized spacial score (nSPS) is 25.4. The zero-order valence-corrected chi connectivity index (χ0v) is 16.0. The van der Waals surface area contributed by atoms with Crippen LogP contribution in [0.3, 0.4) is 0 Å². The van der Waals surface area contributed by atoms with Gasteiger partial charge in [-0.05, 0) is 49.3 Å². The van der Waals surface area contributed by atoms with Gasteiger partial charge in [0.1, 0.15) is 5.60 Å². The molecule has 3 heteroatoms. The van der Waals surface area contributed by atoms with E-state index in [2.05, 4.69) is 19.1 Å². The third kappa shape index (κ3) is 5.54. The Bertz CT molecular complexity index is 593. The maximum Gasteiger partial charge on any atom is 0.111 e. The van der Waals surface area contributed by atoms with Crippen molar-refractivity contribution in [3.8, 4) is 0 Å². The Morgan fingerprint density at radius 3 is 2.65 bits per heavy atom. The fourth-order valence-corrected chi connectivity index (χ4v) is 3.79. The number of aliphatic hydroxyl groups is 3. The molecule has 3 nitrogen and oxygen atoms in total. The number of benzene rings is 1. The van der Waals surface area contributed by atoms with E-state index < -0.39 is 11.7 Å². The Balaban J connectivity index is 2.12. The second-order valence-corrected chi connectivity index (χ2v) is 7.35. The number of aryl methyl sites for hydroxylation is 1. The van der Waals surface area contributed by atoms with Gasteiger partial charge in [-0.1, -0.05) is 68.7 Å². The maximum atomic E-state index is 11.2. The smallest absolute Gasteiger partial charge is 0.111 e. The first-order chi connectivity index (χ1) is 12.6. The van der Waals surface area contributed by atoms with Crippen molar-refractivity contribution in [3.05, 3.63) is 59.7 Å². The highest BCUT2D eigenvalue weighted by atomic mass is 16.3. The number of aliphatic hydroxyl groups excluding tert-OH is 2. The fraction of sp³-hybridized carbons (Fsp3) is 0.565. The number of hydrogen-bond donors (Lipinski definition) is 3. The minimum absolute atomic E-state index is 0.195. The fourth-order valence-electron chi connectivity index (χ4n) is 3.79. The van der Waals surface area contributed by atoms with Crippen LogP contribution in [0.15, 0.2) is 48.6 Å².